The number of halogens is 1. The summed E-state index contributed by atoms with van der Waals surface area (Å²) < 4.78 is 15.7. The Kier molecular flexibility index (Phi) is 2.09. The number of thiophene rings is 1. The maximum Gasteiger partial charge on any atom is 0.288 e. The molecule has 3 rings (SSSR count). The van der Waals surface area contributed by atoms with Gasteiger partial charge in [0, 0.05) is 12.0 Å². The van der Waals surface area contributed by atoms with Crippen molar-refractivity contribution in [1.29, 1.82) is 0 Å². The third-order valence-corrected chi connectivity index (χ3v) is 3.57. The molecule has 0 fully saturated rings. The van der Waals surface area contributed by atoms with Gasteiger partial charge in [-0.05, 0) is 6.07 Å². The summed E-state index contributed by atoms with van der Waals surface area (Å²) in [4.78, 5) is 11.7. The largest absolute Gasteiger partial charge is 0.290 e. The van der Waals surface area contributed by atoms with Crippen LogP contribution >= 0.6 is 11.3 Å². The van der Waals surface area contributed by atoms with Crippen LogP contribution in [0.5, 0.6) is 0 Å². The first-order chi connectivity index (χ1) is 8.08. The second-order valence-electron chi connectivity index (χ2n) is 4.23. The van der Waals surface area contributed by atoms with Crippen LogP contribution in [0.15, 0.2) is 16.9 Å². The molecule has 0 spiro atoms. The zero-order valence-corrected chi connectivity index (χ0v) is 10.1. The van der Waals surface area contributed by atoms with Gasteiger partial charge in [-0.2, -0.15) is 9.49 Å². The topological polar surface area (TPSA) is 50.2 Å². The molecule has 0 bridgehead atoms. The average molecular weight is 251 g/mol. The van der Waals surface area contributed by atoms with Crippen LogP contribution in [0, 0.1) is 5.13 Å². The lowest BCUT2D eigenvalue weighted by Crippen LogP contribution is -2.16. The summed E-state index contributed by atoms with van der Waals surface area (Å²) in [5.74, 6) is 0.875. The molecule has 0 atom stereocenters. The van der Waals surface area contributed by atoms with Gasteiger partial charge in [-0.15, -0.1) is 11.3 Å². The highest BCUT2D eigenvalue weighted by Crippen LogP contribution is 2.28. The number of nitrogens with zero attached hydrogens (tertiary/aromatic N) is 2. The summed E-state index contributed by atoms with van der Waals surface area (Å²) in [6.45, 7) is 3.96. The molecule has 0 aromatic carbocycles. The van der Waals surface area contributed by atoms with Crippen molar-refractivity contribution in [3.63, 3.8) is 0 Å². The first-order valence-corrected chi connectivity index (χ1v) is 6.08. The SMILES string of the molecule is CC(C)c1n[nH]c(=O)c2cc3sc(F)cc3n12. The Hall–Kier alpha value is -1.69. The molecule has 88 valence electrons. The van der Waals surface area contributed by atoms with Gasteiger partial charge in [0.25, 0.3) is 5.56 Å². The molecule has 3 heterocycles. The van der Waals surface area contributed by atoms with Crippen LogP contribution < -0.4 is 5.56 Å². The Morgan fingerprint density at radius 1 is 1.41 bits per heavy atom. The van der Waals surface area contributed by atoms with Crippen LogP contribution in [0.25, 0.3) is 15.7 Å². The number of H-pyrrole nitrogens is 1. The lowest BCUT2D eigenvalue weighted by atomic mass is 10.2. The molecule has 0 unspecified atom stereocenters. The number of aromatic amines is 1. The predicted octanol–water partition coefficient (Wildman–Crippen LogP) is 2.50. The Balaban J connectivity index is 2.58. The Morgan fingerprint density at radius 2 is 2.18 bits per heavy atom. The number of nitrogens with one attached hydrogen (secondary N) is 1. The lowest BCUT2D eigenvalue weighted by Gasteiger charge is -2.07. The van der Waals surface area contributed by atoms with E-state index in [-0.39, 0.29) is 16.6 Å². The zero-order chi connectivity index (χ0) is 12.2. The molecule has 3 aromatic heterocycles. The highest BCUT2D eigenvalue weighted by atomic mass is 32.1. The zero-order valence-electron chi connectivity index (χ0n) is 9.32. The second-order valence-corrected chi connectivity index (χ2v) is 5.26. The van der Waals surface area contributed by atoms with E-state index >= 15 is 0 Å². The van der Waals surface area contributed by atoms with E-state index in [0.717, 1.165) is 21.9 Å². The van der Waals surface area contributed by atoms with Crippen LogP contribution in [0.3, 0.4) is 0 Å². The van der Waals surface area contributed by atoms with Crippen molar-refractivity contribution in [1.82, 2.24) is 14.6 Å². The van der Waals surface area contributed by atoms with Crippen LogP contribution in [-0.4, -0.2) is 14.6 Å². The molecule has 17 heavy (non-hydrogen) atoms. The number of hydrogen-bond acceptors (Lipinski definition) is 3. The Bertz CT molecular complexity index is 768. The Labute approximate surface area is 99.7 Å². The number of rotatable bonds is 1. The van der Waals surface area contributed by atoms with Gasteiger partial charge in [-0.3, -0.25) is 9.20 Å². The number of hydrogen-bond donors (Lipinski definition) is 1. The van der Waals surface area contributed by atoms with Crippen molar-refractivity contribution in [2.75, 3.05) is 0 Å². The molecule has 0 aliphatic carbocycles. The summed E-state index contributed by atoms with van der Waals surface area (Å²) in [5.41, 5.74) is 0.980. The van der Waals surface area contributed by atoms with Crippen LogP contribution in [0.2, 0.25) is 0 Å². The molecule has 0 radical (unpaired) electrons. The minimum atomic E-state index is -0.252. The van der Waals surface area contributed by atoms with Crippen molar-refractivity contribution in [2.24, 2.45) is 0 Å². The number of fused-ring (bicyclic) bond motifs is 3. The molecule has 4 nitrogen and oxygen atoms in total. The van der Waals surface area contributed by atoms with E-state index in [9.17, 15) is 9.18 Å². The van der Waals surface area contributed by atoms with E-state index in [4.69, 9.17) is 0 Å². The van der Waals surface area contributed by atoms with Gasteiger partial charge >= 0.3 is 0 Å². The second kappa shape index (κ2) is 3.40. The van der Waals surface area contributed by atoms with E-state index in [1.807, 2.05) is 13.8 Å². The van der Waals surface area contributed by atoms with Gasteiger partial charge in [-0.25, -0.2) is 5.10 Å². The van der Waals surface area contributed by atoms with Gasteiger partial charge in [0.2, 0.25) is 0 Å². The van der Waals surface area contributed by atoms with E-state index in [1.54, 1.807) is 10.5 Å². The summed E-state index contributed by atoms with van der Waals surface area (Å²) in [6.07, 6.45) is 0. The van der Waals surface area contributed by atoms with E-state index < -0.39 is 0 Å². The molecule has 0 aliphatic heterocycles. The van der Waals surface area contributed by atoms with Crippen LogP contribution in [-0.2, 0) is 0 Å². The van der Waals surface area contributed by atoms with Gasteiger partial charge in [0.1, 0.15) is 11.3 Å². The minimum Gasteiger partial charge on any atom is -0.290 e. The summed E-state index contributed by atoms with van der Waals surface area (Å²) in [7, 11) is 0. The van der Waals surface area contributed by atoms with Crippen molar-refractivity contribution in [2.45, 2.75) is 19.8 Å². The van der Waals surface area contributed by atoms with Gasteiger partial charge < -0.3 is 0 Å². The summed E-state index contributed by atoms with van der Waals surface area (Å²) in [6, 6.07) is 3.15. The van der Waals surface area contributed by atoms with Gasteiger partial charge in [0.15, 0.2) is 5.13 Å². The van der Waals surface area contributed by atoms with Gasteiger partial charge in [0.05, 0.1) is 10.2 Å². The quantitative estimate of drug-likeness (QED) is 0.722. The van der Waals surface area contributed by atoms with Crippen LogP contribution in [0.1, 0.15) is 25.6 Å². The molecule has 3 aromatic rings. The van der Waals surface area contributed by atoms with Crippen molar-refractivity contribution >= 4 is 27.1 Å². The molecule has 0 aliphatic rings. The molecule has 0 saturated carbocycles. The molecular formula is C11H10FN3OS. The maximum absolute atomic E-state index is 13.2. The van der Waals surface area contributed by atoms with Crippen LogP contribution in [0.4, 0.5) is 4.39 Å². The third kappa shape index (κ3) is 1.40. The Morgan fingerprint density at radius 3 is 2.88 bits per heavy atom. The molecule has 0 saturated heterocycles. The average Bonchev–Trinajstić information content (AvgIpc) is 2.75. The molecule has 6 heteroatoms. The first-order valence-electron chi connectivity index (χ1n) is 5.27. The fraction of sp³-hybridized carbons (Fsp3) is 0.273. The highest BCUT2D eigenvalue weighted by Gasteiger charge is 2.15. The predicted molar refractivity (Wildman–Crippen MR) is 65.2 cm³/mol. The minimum absolute atomic E-state index is 0.146. The fourth-order valence-corrected chi connectivity index (χ4v) is 2.78. The molecule has 1 N–H and O–H groups in total. The number of aromatic nitrogens is 3. The van der Waals surface area contributed by atoms with E-state index in [1.165, 1.54) is 6.07 Å². The summed E-state index contributed by atoms with van der Waals surface area (Å²) >= 11 is 1.04. The van der Waals surface area contributed by atoms with Gasteiger partial charge in [-0.1, -0.05) is 13.8 Å². The molecule has 0 amide bonds. The lowest BCUT2D eigenvalue weighted by molar-refractivity contribution is 0.657. The highest BCUT2D eigenvalue weighted by molar-refractivity contribution is 7.17. The molecular weight excluding hydrogens is 241 g/mol. The summed E-state index contributed by atoms with van der Waals surface area (Å²) in [5, 5.41) is 6.27. The normalized spacial score (nSPS) is 12.0. The van der Waals surface area contributed by atoms with E-state index in [2.05, 4.69) is 10.2 Å². The monoisotopic (exact) mass is 251 g/mol. The maximum atomic E-state index is 13.2. The van der Waals surface area contributed by atoms with E-state index in [0.29, 0.717) is 11.0 Å². The standard InChI is InChI=1S/C11H10FN3OS/c1-5(2)10-13-14-11(16)7-3-8-6(15(7)10)4-9(12)17-8/h3-5H,1-2H3,(H,14,16). The fourth-order valence-electron chi connectivity index (χ4n) is 1.98. The smallest absolute Gasteiger partial charge is 0.288 e. The van der Waals surface area contributed by atoms with Crippen molar-refractivity contribution in [3.8, 4) is 0 Å². The third-order valence-electron chi connectivity index (χ3n) is 2.71. The first kappa shape index (κ1) is 10.5. The van der Waals surface area contributed by atoms with Crippen molar-refractivity contribution in [3.05, 3.63) is 33.4 Å². The van der Waals surface area contributed by atoms with Crippen molar-refractivity contribution < 1.29 is 4.39 Å².